The monoisotopic (exact) mass is 157 g/mol. The summed E-state index contributed by atoms with van der Waals surface area (Å²) in [5.41, 5.74) is 1.67. The maximum absolute atomic E-state index is 8.65. The highest BCUT2D eigenvalue weighted by Gasteiger charge is 1.99. The first-order chi connectivity index (χ1) is 5.81. The van der Waals surface area contributed by atoms with E-state index in [-0.39, 0.29) is 0 Å². The summed E-state index contributed by atoms with van der Waals surface area (Å²) in [6.45, 7) is 0. The van der Waals surface area contributed by atoms with Crippen LogP contribution < -0.4 is 0 Å². The number of benzene rings is 1. The van der Waals surface area contributed by atoms with Crippen molar-refractivity contribution < 1.29 is 0 Å². The lowest BCUT2D eigenvalue weighted by atomic mass is 10.2. The van der Waals surface area contributed by atoms with Crippen molar-refractivity contribution in [3.05, 3.63) is 30.0 Å². The van der Waals surface area contributed by atoms with Crippen LogP contribution >= 0.6 is 0 Å². The van der Waals surface area contributed by atoms with Crippen molar-refractivity contribution in [3.63, 3.8) is 0 Å². The molecule has 2 rings (SSSR count). The number of fused-ring (bicyclic) bond motifs is 1. The molecular formula is C9H7N3. The van der Waals surface area contributed by atoms with Crippen LogP contribution in [0.3, 0.4) is 0 Å². The molecule has 0 bridgehead atoms. The maximum atomic E-state index is 8.65. The predicted molar refractivity (Wildman–Crippen MR) is 45.4 cm³/mol. The second kappa shape index (κ2) is 2.35. The van der Waals surface area contributed by atoms with Gasteiger partial charge in [0.2, 0.25) is 0 Å². The van der Waals surface area contributed by atoms with Crippen LogP contribution in [0.2, 0.25) is 0 Å². The fourth-order valence-electron chi connectivity index (χ4n) is 1.21. The molecule has 58 valence electrons. The number of nitriles is 1. The summed E-state index contributed by atoms with van der Waals surface area (Å²) in [7, 11) is 1.86. The smallest absolute Gasteiger partial charge is 0.0992 e. The summed E-state index contributed by atoms with van der Waals surface area (Å²) >= 11 is 0. The quantitative estimate of drug-likeness (QED) is 0.580. The average molecular weight is 157 g/mol. The number of hydrogen-bond acceptors (Lipinski definition) is 2. The summed E-state index contributed by atoms with van der Waals surface area (Å²) in [6, 6.07) is 7.63. The molecular weight excluding hydrogens is 150 g/mol. The lowest BCUT2D eigenvalue weighted by Gasteiger charge is -1.93. The third kappa shape index (κ3) is 0.857. The van der Waals surface area contributed by atoms with E-state index < -0.39 is 0 Å². The minimum Gasteiger partial charge on any atom is -0.268 e. The van der Waals surface area contributed by atoms with Gasteiger partial charge in [-0.25, -0.2) is 0 Å². The van der Waals surface area contributed by atoms with E-state index in [0.29, 0.717) is 5.56 Å². The van der Waals surface area contributed by atoms with Crippen LogP contribution in [-0.4, -0.2) is 9.78 Å². The molecule has 2 aromatic rings. The van der Waals surface area contributed by atoms with Crippen molar-refractivity contribution in [2.75, 3.05) is 0 Å². The summed E-state index contributed by atoms with van der Waals surface area (Å²) in [6.07, 6.45) is 1.79. The Morgan fingerprint density at radius 1 is 1.50 bits per heavy atom. The standard InChI is InChI=1S/C9H7N3/c1-12-9-4-7(5-10)2-3-8(9)6-11-12/h2-4,6H,1H3. The molecule has 0 aliphatic rings. The largest absolute Gasteiger partial charge is 0.268 e. The molecule has 3 nitrogen and oxygen atoms in total. The first-order valence-corrected chi connectivity index (χ1v) is 3.63. The molecule has 0 amide bonds. The van der Waals surface area contributed by atoms with Gasteiger partial charge in [0.15, 0.2) is 0 Å². The highest BCUT2D eigenvalue weighted by atomic mass is 15.2. The Morgan fingerprint density at radius 2 is 2.33 bits per heavy atom. The molecule has 0 atom stereocenters. The third-order valence-corrected chi connectivity index (χ3v) is 1.88. The van der Waals surface area contributed by atoms with Crippen LogP contribution in [0.15, 0.2) is 24.4 Å². The lowest BCUT2D eigenvalue weighted by molar-refractivity contribution is 0.797. The van der Waals surface area contributed by atoms with E-state index in [1.807, 2.05) is 19.2 Å². The average Bonchev–Trinajstić information content (AvgIpc) is 2.47. The van der Waals surface area contributed by atoms with E-state index in [2.05, 4.69) is 11.2 Å². The molecule has 1 aromatic heterocycles. The molecule has 0 saturated heterocycles. The molecule has 0 radical (unpaired) electrons. The fraction of sp³-hybridized carbons (Fsp3) is 0.111. The van der Waals surface area contributed by atoms with Crippen molar-refractivity contribution in [1.29, 1.82) is 5.26 Å². The van der Waals surface area contributed by atoms with E-state index in [1.165, 1.54) is 0 Å². The van der Waals surface area contributed by atoms with Crippen molar-refractivity contribution >= 4 is 10.9 Å². The number of hydrogen-bond donors (Lipinski definition) is 0. The first-order valence-electron chi connectivity index (χ1n) is 3.63. The predicted octanol–water partition coefficient (Wildman–Crippen LogP) is 1.44. The minimum absolute atomic E-state index is 0.672. The normalized spacial score (nSPS) is 10.0. The van der Waals surface area contributed by atoms with Gasteiger partial charge in [0.25, 0.3) is 0 Å². The van der Waals surface area contributed by atoms with Crippen LogP contribution in [0.4, 0.5) is 0 Å². The molecule has 0 saturated carbocycles. The zero-order chi connectivity index (χ0) is 8.55. The Labute approximate surface area is 69.8 Å². The van der Waals surface area contributed by atoms with Gasteiger partial charge in [-0.15, -0.1) is 0 Å². The summed E-state index contributed by atoms with van der Waals surface area (Å²) in [4.78, 5) is 0. The number of aromatic nitrogens is 2. The van der Waals surface area contributed by atoms with E-state index in [4.69, 9.17) is 5.26 Å². The Balaban J connectivity index is 2.82. The highest BCUT2D eigenvalue weighted by molar-refractivity contribution is 5.79. The molecule has 0 aliphatic carbocycles. The van der Waals surface area contributed by atoms with Crippen molar-refractivity contribution in [2.24, 2.45) is 7.05 Å². The van der Waals surface area contributed by atoms with Crippen LogP contribution in [0.25, 0.3) is 10.9 Å². The Bertz CT molecular complexity index is 462. The van der Waals surface area contributed by atoms with E-state index in [9.17, 15) is 0 Å². The van der Waals surface area contributed by atoms with Gasteiger partial charge in [-0.2, -0.15) is 10.4 Å². The van der Waals surface area contributed by atoms with Crippen LogP contribution in [0, 0.1) is 11.3 Å². The van der Waals surface area contributed by atoms with Crippen molar-refractivity contribution in [3.8, 4) is 6.07 Å². The van der Waals surface area contributed by atoms with E-state index in [1.54, 1.807) is 16.9 Å². The van der Waals surface area contributed by atoms with Gasteiger partial charge in [0.05, 0.1) is 23.3 Å². The lowest BCUT2D eigenvalue weighted by Crippen LogP contribution is -1.88. The van der Waals surface area contributed by atoms with Gasteiger partial charge < -0.3 is 0 Å². The van der Waals surface area contributed by atoms with E-state index in [0.717, 1.165) is 10.9 Å². The summed E-state index contributed by atoms with van der Waals surface area (Å²) in [5.74, 6) is 0. The zero-order valence-corrected chi connectivity index (χ0v) is 6.65. The van der Waals surface area contributed by atoms with Gasteiger partial charge in [-0.1, -0.05) is 0 Å². The molecule has 1 aromatic carbocycles. The molecule has 0 fully saturated rings. The molecule has 0 N–H and O–H groups in total. The zero-order valence-electron chi connectivity index (χ0n) is 6.65. The SMILES string of the molecule is Cn1ncc2ccc(C#N)cc21. The second-order valence-corrected chi connectivity index (χ2v) is 2.65. The summed E-state index contributed by atoms with van der Waals surface area (Å²) < 4.78 is 1.76. The van der Waals surface area contributed by atoms with Gasteiger partial charge in [0.1, 0.15) is 0 Å². The van der Waals surface area contributed by atoms with Gasteiger partial charge in [-0.3, -0.25) is 4.68 Å². The summed E-state index contributed by atoms with van der Waals surface area (Å²) in [5, 5.41) is 13.8. The Morgan fingerprint density at radius 3 is 3.08 bits per heavy atom. The third-order valence-electron chi connectivity index (χ3n) is 1.88. The molecule has 0 unspecified atom stereocenters. The maximum Gasteiger partial charge on any atom is 0.0992 e. The van der Waals surface area contributed by atoms with Crippen LogP contribution in [0.5, 0.6) is 0 Å². The second-order valence-electron chi connectivity index (χ2n) is 2.65. The van der Waals surface area contributed by atoms with Crippen molar-refractivity contribution in [1.82, 2.24) is 9.78 Å². The van der Waals surface area contributed by atoms with Crippen LogP contribution in [-0.2, 0) is 7.05 Å². The topological polar surface area (TPSA) is 41.6 Å². The molecule has 0 spiro atoms. The Hall–Kier alpha value is -1.82. The minimum atomic E-state index is 0.672. The number of aryl methyl sites for hydroxylation is 1. The number of nitrogens with zero attached hydrogens (tertiary/aromatic N) is 3. The van der Waals surface area contributed by atoms with Gasteiger partial charge in [0, 0.05) is 12.4 Å². The molecule has 3 heteroatoms. The molecule has 0 aliphatic heterocycles. The van der Waals surface area contributed by atoms with Crippen molar-refractivity contribution in [2.45, 2.75) is 0 Å². The van der Waals surface area contributed by atoms with E-state index >= 15 is 0 Å². The highest BCUT2D eigenvalue weighted by Crippen LogP contribution is 2.13. The fourth-order valence-corrected chi connectivity index (χ4v) is 1.21. The van der Waals surface area contributed by atoms with Gasteiger partial charge >= 0.3 is 0 Å². The molecule has 12 heavy (non-hydrogen) atoms. The van der Waals surface area contributed by atoms with Gasteiger partial charge in [-0.05, 0) is 18.2 Å². The first kappa shape index (κ1) is 6.86. The number of rotatable bonds is 0. The molecule has 1 heterocycles. The van der Waals surface area contributed by atoms with Crippen LogP contribution in [0.1, 0.15) is 5.56 Å². The Kier molecular flexibility index (Phi) is 1.34.